The second-order valence-electron chi connectivity index (χ2n) is 10.7. The van der Waals surface area contributed by atoms with Crippen LogP contribution in [0.1, 0.15) is 40.7 Å². The van der Waals surface area contributed by atoms with Crippen LogP contribution in [0.5, 0.6) is 5.75 Å². The lowest BCUT2D eigenvalue weighted by molar-refractivity contribution is -0.136. The maximum absolute atomic E-state index is 13.9. The molecule has 2 N–H and O–H groups in total. The summed E-state index contributed by atoms with van der Waals surface area (Å²) in [5.74, 6) is -0.501. The third-order valence-corrected chi connectivity index (χ3v) is 9.14. The average molecular weight is 571 g/mol. The van der Waals surface area contributed by atoms with Crippen LogP contribution < -0.4 is 15.1 Å². The fourth-order valence-corrected chi connectivity index (χ4v) is 6.78. The minimum Gasteiger partial charge on any atom is -0.425 e. The topological polar surface area (TPSA) is 118 Å². The number of ether oxygens (including phenoxy) is 1. The van der Waals surface area contributed by atoms with Crippen LogP contribution in [0.2, 0.25) is 0 Å². The van der Waals surface area contributed by atoms with Crippen molar-refractivity contribution in [1.82, 2.24) is 9.71 Å². The Labute approximate surface area is 237 Å². The van der Waals surface area contributed by atoms with E-state index >= 15 is 0 Å². The van der Waals surface area contributed by atoms with Gasteiger partial charge in [0, 0.05) is 29.1 Å². The lowest BCUT2D eigenvalue weighted by Crippen LogP contribution is -2.44. The summed E-state index contributed by atoms with van der Waals surface area (Å²) in [4.78, 5) is 29.8. The maximum atomic E-state index is 13.9. The number of sulfonamides is 1. The molecular weight excluding hydrogens is 540 g/mol. The minimum atomic E-state index is -4.06. The Balaban J connectivity index is 1.41. The van der Waals surface area contributed by atoms with Gasteiger partial charge in [0.1, 0.15) is 17.4 Å². The standard InChI is InChI=1S/C32H30N2O6S/c1-19-11-13-22(14-12-19)41(37,38)34-27(17-21-18-33-26-10-6-5-7-23(21)26)32(36)40-29-16-20(2)15-28-30(29)24-8-3-4-9-25(24)31(35)39-28/h5-7,10-16,18,27,33-34H,3-4,8-9,17H2,1-2H3. The molecule has 0 bridgehead atoms. The molecule has 2 heterocycles. The van der Waals surface area contributed by atoms with Gasteiger partial charge in [0.15, 0.2) is 0 Å². The van der Waals surface area contributed by atoms with Crippen LogP contribution in [-0.4, -0.2) is 25.4 Å². The van der Waals surface area contributed by atoms with Gasteiger partial charge in [0.05, 0.1) is 10.3 Å². The summed E-state index contributed by atoms with van der Waals surface area (Å²) in [7, 11) is -4.06. The number of nitrogens with one attached hydrogen (secondary N) is 2. The van der Waals surface area contributed by atoms with Gasteiger partial charge in [-0.1, -0.05) is 35.9 Å². The molecule has 0 radical (unpaired) electrons. The van der Waals surface area contributed by atoms with Crippen molar-refractivity contribution in [2.24, 2.45) is 0 Å². The lowest BCUT2D eigenvalue weighted by atomic mass is 9.90. The van der Waals surface area contributed by atoms with Crippen molar-refractivity contribution in [1.29, 1.82) is 0 Å². The molecule has 210 valence electrons. The highest BCUT2D eigenvalue weighted by Crippen LogP contribution is 2.35. The Kier molecular flexibility index (Phi) is 7.01. The van der Waals surface area contributed by atoms with Gasteiger partial charge in [-0.05, 0) is 86.6 Å². The highest BCUT2D eigenvalue weighted by Gasteiger charge is 2.30. The molecule has 1 aliphatic carbocycles. The lowest BCUT2D eigenvalue weighted by Gasteiger charge is -2.21. The number of rotatable bonds is 7. The third-order valence-electron chi connectivity index (χ3n) is 7.65. The van der Waals surface area contributed by atoms with Crippen LogP contribution in [0.4, 0.5) is 0 Å². The number of benzene rings is 3. The number of fused-ring (bicyclic) bond motifs is 4. The largest absolute Gasteiger partial charge is 0.425 e. The van der Waals surface area contributed by atoms with Gasteiger partial charge in [-0.2, -0.15) is 4.72 Å². The van der Waals surface area contributed by atoms with E-state index in [0.717, 1.165) is 46.0 Å². The van der Waals surface area contributed by atoms with Gasteiger partial charge in [0.2, 0.25) is 10.0 Å². The van der Waals surface area contributed by atoms with Crippen LogP contribution in [0.3, 0.4) is 0 Å². The van der Waals surface area contributed by atoms with Crippen LogP contribution in [0.25, 0.3) is 21.9 Å². The number of para-hydroxylation sites is 1. The monoisotopic (exact) mass is 570 g/mol. The number of aryl methyl sites for hydroxylation is 3. The van der Waals surface area contributed by atoms with Gasteiger partial charge < -0.3 is 14.1 Å². The molecule has 1 atom stereocenters. The first-order valence-electron chi connectivity index (χ1n) is 13.6. The summed E-state index contributed by atoms with van der Waals surface area (Å²) >= 11 is 0. The number of aromatic amines is 1. The predicted molar refractivity (Wildman–Crippen MR) is 157 cm³/mol. The van der Waals surface area contributed by atoms with Crippen LogP contribution in [0.15, 0.2) is 81.0 Å². The fraction of sp³-hybridized carbons (Fsp3) is 0.250. The van der Waals surface area contributed by atoms with Crippen molar-refractivity contribution in [3.05, 3.63) is 105 Å². The zero-order valence-corrected chi connectivity index (χ0v) is 23.6. The van der Waals surface area contributed by atoms with Crippen molar-refractivity contribution in [3.63, 3.8) is 0 Å². The Hall–Kier alpha value is -4.21. The molecule has 41 heavy (non-hydrogen) atoms. The minimum absolute atomic E-state index is 0.0525. The number of carbonyl (C=O) groups excluding carboxylic acids is 1. The molecule has 8 nitrogen and oxygen atoms in total. The summed E-state index contributed by atoms with van der Waals surface area (Å²) in [5, 5.41) is 1.47. The summed E-state index contributed by atoms with van der Waals surface area (Å²) < 4.78 is 41.1. The highest BCUT2D eigenvalue weighted by atomic mass is 32.2. The Morgan fingerprint density at radius 3 is 2.51 bits per heavy atom. The maximum Gasteiger partial charge on any atom is 0.339 e. The molecule has 3 aromatic carbocycles. The predicted octanol–water partition coefficient (Wildman–Crippen LogP) is 5.27. The second kappa shape index (κ2) is 10.6. The summed E-state index contributed by atoms with van der Waals surface area (Å²) in [6, 6.07) is 16.3. The van der Waals surface area contributed by atoms with E-state index in [1.54, 1.807) is 30.5 Å². The van der Waals surface area contributed by atoms with E-state index in [1.165, 1.54) is 12.1 Å². The first-order chi connectivity index (χ1) is 19.7. The molecule has 6 rings (SSSR count). The molecule has 5 aromatic rings. The summed E-state index contributed by atoms with van der Waals surface area (Å²) in [5.41, 5.74) is 4.74. The Morgan fingerprint density at radius 1 is 1.00 bits per heavy atom. The molecule has 1 aliphatic rings. The summed E-state index contributed by atoms with van der Waals surface area (Å²) in [6.45, 7) is 3.69. The molecule has 1 unspecified atom stereocenters. The number of esters is 1. The van der Waals surface area contributed by atoms with E-state index < -0.39 is 22.0 Å². The number of carbonyl (C=O) groups is 1. The van der Waals surface area contributed by atoms with E-state index in [1.807, 2.05) is 38.1 Å². The highest BCUT2D eigenvalue weighted by molar-refractivity contribution is 7.89. The fourth-order valence-electron chi connectivity index (χ4n) is 5.59. The van der Waals surface area contributed by atoms with Gasteiger partial charge in [-0.3, -0.25) is 0 Å². The van der Waals surface area contributed by atoms with Crippen molar-refractivity contribution < 1.29 is 22.4 Å². The van der Waals surface area contributed by atoms with Crippen molar-refractivity contribution in [2.75, 3.05) is 0 Å². The van der Waals surface area contributed by atoms with Gasteiger partial charge in [-0.15, -0.1) is 0 Å². The van der Waals surface area contributed by atoms with Gasteiger partial charge >= 0.3 is 11.6 Å². The molecule has 2 aromatic heterocycles. The van der Waals surface area contributed by atoms with Crippen molar-refractivity contribution >= 4 is 37.9 Å². The molecule has 0 fully saturated rings. The molecule has 0 saturated heterocycles. The number of aromatic nitrogens is 1. The van der Waals surface area contributed by atoms with Gasteiger partial charge in [-0.25, -0.2) is 18.0 Å². The van der Waals surface area contributed by atoms with Crippen molar-refractivity contribution in [2.45, 2.75) is 56.9 Å². The first-order valence-corrected chi connectivity index (χ1v) is 15.1. The van der Waals surface area contributed by atoms with E-state index in [2.05, 4.69) is 9.71 Å². The molecule has 0 spiro atoms. The normalized spacial score (nSPS) is 14.2. The smallest absolute Gasteiger partial charge is 0.339 e. The van der Waals surface area contributed by atoms with E-state index in [-0.39, 0.29) is 22.7 Å². The van der Waals surface area contributed by atoms with Crippen molar-refractivity contribution in [3.8, 4) is 5.75 Å². The number of H-pyrrole nitrogens is 1. The van der Waals surface area contributed by atoms with Gasteiger partial charge in [0.25, 0.3) is 0 Å². The van der Waals surface area contributed by atoms with Crippen LogP contribution in [0, 0.1) is 13.8 Å². The molecule has 9 heteroatoms. The van der Waals surface area contributed by atoms with Crippen LogP contribution in [-0.2, 0) is 34.1 Å². The Bertz CT molecular complexity index is 1950. The molecule has 0 saturated carbocycles. The first kappa shape index (κ1) is 27.0. The zero-order valence-electron chi connectivity index (χ0n) is 22.8. The SMILES string of the molecule is Cc1ccc(S(=O)(=O)NC(Cc2c[nH]c3ccccc23)C(=O)Oc2cc(C)cc3oc(=O)c4c(c23)CCCC4)cc1. The van der Waals surface area contributed by atoms with E-state index in [0.29, 0.717) is 29.4 Å². The third kappa shape index (κ3) is 5.30. The molecular formula is C32H30N2O6S. The van der Waals surface area contributed by atoms with Crippen LogP contribution >= 0.6 is 0 Å². The quantitative estimate of drug-likeness (QED) is 0.156. The molecule has 0 amide bonds. The second-order valence-corrected chi connectivity index (χ2v) is 12.4. The zero-order chi connectivity index (χ0) is 28.7. The Morgan fingerprint density at radius 2 is 1.73 bits per heavy atom. The van der Waals surface area contributed by atoms with E-state index in [4.69, 9.17) is 9.15 Å². The summed E-state index contributed by atoms with van der Waals surface area (Å²) in [6.07, 6.45) is 4.91. The number of hydrogen-bond acceptors (Lipinski definition) is 6. The number of hydrogen-bond donors (Lipinski definition) is 2. The average Bonchev–Trinajstić information content (AvgIpc) is 3.35. The van der Waals surface area contributed by atoms with E-state index in [9.17, 15) is 18.0 Å². The molecule has 0 aliphatic heterocycles.